The molecular formula is C20H25N3O5. The minimum absolute atomic E-state index is 0.0292. The van der Waals surface area contributed by atoms with E-state index in [0.29, 0.717) is 57.8 Å². The van der Waals surface area contributed by atoms with E-state index in [1.165, 1.54) is 0 Å². The van der Waals surface area contributed by atoms with Crippen molar-refractivity contribution in [3.63, 3.8) is 0 Å². The summed E-state index contributed by atoms with van der Waals surface area (Å²) in [4.78, 5) is 39.5. The van der Waals surface area contributed by atoms with Crippen LogP contribution < -0.4 is 5.32 Å². The van der Waals surface area contributed by atoms with Gasteiger partial charge in [-0.15, -0.1) is 0 Å². The molecule has 2 heterocycles. The van der Waals surface area contributed by atoms with Crippen LogP contribution in [0.1, 0.15) is 30.3 Å². The number of fused-ring (bicyclic) bond motifs is 1. The van der Waals surface area contributed by atoms with Crippen LogP contribution in [0, 0.1) is 0 Å². The SMILES string of the molecule is CCOC(=O)N1CCN(C(=O)CCCNC(=O)c2cc3ccccc3o2)CC1. The molecular weight excluding hydrogens is 362 g/mol. The second kappa shape index (κ2) is 9.25. The quantitative estimate of drug-likeness (QED) is 0.768. The molecule has 0 unspecified atom stereocenters. The Morgan fingerprint density at radius 1 is 1.11 bits per heavy atom. The Hall–Kier alpha value is -3.03. The number of rotatable bonds is 6. The largest absolute Gasteiger partial charge is 0.451 e. The van der Waals surface area contributed by atoms with Crippen molar-refractivity contribution in [3.8, 4) is 0 Å². The van der Waals surface area contributed by atoms with E-state index in [2.05, 4.69) is 5.32 Å². The first-order valence-electron chi connectivity index (χ1n) is 9.54. The highest BCUT2D eigenvalue weighted by Crippen LogP contribution is 2.18. The van der Waals surface area contributed by atoms with Crippen molar-refractivity contribution in [1.29, 1.82) is 0 Å². The molecule has 8 nitrogen and oxygen atoms in total. The third kappa shape index (κ3) is 4.82. The van der Waals surface area contributed by atoms with Crippen LogP contribution in [-0.4, -0.2) is 67.0 Å². The molecule has 28 heavy (non-hydrogen) atoms. The number of hydrogen-bond donors (Lipinski definition) is 1. The van der Waals surface area contributed by atoms with Crippen LogP contribution in [0.15, 0.2) is 34.7 Å². The lowest BCUT2D eigenvalue weighted by Crippen LogP contribution is -2.50. The van der Waals surface area contributed by atoms with E-state index >= 15 is 0 Å². The molecule has 150 valence electrons. The molecule has 1 aliphatic heterocycles. The summed E-state index contributed by atoms with van der Waals surface area (Å²) in [7, 11) is 0. The van der Waals surface area contributed by atoms with Crippen LogP contribution in [0.3, 0.4) is 0 Å². The number of nitrogens with one attached hydrogen (secondary N) is 1. The van der Waals surface area contributed by atoms with Gasteiger partial charge in [0.05, 0.1) is 6.61 Å². The zero-order valence-corrected chi connectivity index (χ0v) is 16.0. The number of ether oxygens (including phenoxy) is 1. The number of hydrogen-bond acceptors (Lipinski definition) is 5. The summed E-state index contributed by atoms with van der Waals surface area (Å²) in [6.45, 7) is 4.47. The number of furan rings is 1. The first-order valence-corrected chi connectivity index (χ1v) is 9.54. The lowest BCUT2D eigenvalue weighted by Gasteiger charge is -2.34. The van der Waals surface area contributed by atoms with Crippen molar-refractivity contribution >= 4 is 28.9 Å². The molecule has 1 aliphatic rings. The summed E-state index contributed by atoms with van der Waals surface area (Å²) in [5.74, 6) is 0.0100. The summed E-state index contributed by atoms with van der Waals surface area (Å²) < 4.78 is 10.5. The number of nitrogens with zero attached hydrogens (tertiary/aromatic N) is 2. The molecule has 0 radical (unpaired) electrons. The van der Waals surface area contributed by atoms with Gasteiger partial charge in [-0.05, 0) is 25.5 Å². The third-order valence-corrected chi connectivity index (χ3v) is 4.66. The number of para-hydroxylation sites is 1. The molecule has 8 heteroatoms. The smallest absolute Gasteiger partial charge is 0.409 e. The van der Waals surface area contributed by atoms with Gasteiger partial charge in [-0.2, -0.15) is 0 Å². The first-order chi connectivity index (χ1) is 13.6. The van der Waals surface area contributed by atoms with Gasteiger partial charge >= 0.3 is 6.09 Å². The Labute approximate surface area is 163 Å². The van der Waals surface area contributed by atoms with E-state index in [9.17, 15) is 14.4 Å². The van der Waals surface area contributed by atoms with Gasteiger partial charge in [0, 0.05) is 44.5 Å². The topological polar surface area (TPSA) is 92.1 Å². The fourth-order valence-corrected chi connectivity index (χ4v) is 3.13. The minimum Gasteiger partial charge on any atom is -0.451 e. The molecule has 1 fully saturated rings. The molecule has 1 N–H and O–H groups in total. The van der Waals surface area contributed by atoms with E-state index in [1.807, 2.05) is 24.3 Å². The molecule has 0 saturated carbocycles. The maximum atomic E-state index is 12.3. The molecule has 0 spiro atoms. The van der Waals surface area contributed by atoms with Crippen molar-refractivity contribution in [2.24, 2.45) is 0 Å². The first kappa shape index (κ1) is 19.7. The van der Waals surface area contributed by atoms with Gasteiger partial charge in [-0.3, -0.25) is 9.59 Å². The Morgan fingerprint density at radius 3 is 2.54 bits per heavy atom. The fraction of sp³-hybridized carbons (Fsp3) is 0.450. The Balaban J connectivity index is 1.36. The molecule has 0 bridgehead atoms. The van der Waals surface area contributed by atoms with E-state index in [-0.39, 0.29) is 23.7 Å². The van der Waals surface area contributed by atoms with E-state index in [4.69, 9.17) is 9.15 Å². The summed E-state index contributed by atoms with van der Waals surface area (Å²) >= 11 is 0. The molecule has 1 aromatic carbocycles. The van der Waals surface area contributed by atoms with E-state index in [1.54, 1.807) is 22.8 Å². The van der Waals surface area contributed by atoms with Gasteiger partial charge in [-0.25, -0.2) is 4.79 Å². The molecule has 2 aromatic rings. The second-order valence-corrected chi connectivity index (χ2v) is 6.57. The number of benzene rings is 1. The number of piperazine rings is 1. The van der Waals surface area contributed by atoms with Crippen molar-refractivity contribution in [2.75, 3.05) is 39.3 Å². The molecule has 1 saturated heterocycles. The van der Waals surface area contributed by atoms with Gasteiger partial charge in [0.25, 0.3) is 5.91 Å². The van der Waals surface area contributed by atoms with Gasteiger partial charge in [-0.1, -0.05) is 18.2 Å². The zero-order chi connectivity index (χ0) is 19.9. The number of amides is 3. The average Bonchev–Trinajstić information content (AvgIpc) is 3.15. The lowest BCUT2D eigenvalue weighted by molar-refractivity contribution is -0.132. The van der Waals surface area contributed by atoms with Crippen molar-refractivity contribution in [1.82, 2.24) is 15.1 Å². The van der Waals surface area contributed by atoms with Gasteiger partial charge in [0.1, 0.15) is 5.58 Å². The van der Waals surface area contributed by atoms with Crippen LogP contribution >= 0.6 is 0 Å². The van der Waals surface area contributed by atoms with Gasteiger partial charge in [0.2, 0.25) is 5.91 Å². The molecule has 0 atom stereocenters. The zero-order valence-electron chi connectivity index (χ0n) is 16.0. The van der Waals surface area contributed by atoms with Crippen LogP contribution in [0.5, 0.6) is 0 Å². The van der Waals surface area contributed by atoms with Gasteiger partial charge in [0.15, 0.2) is 5.76 Å². The van der Waals surface area contributed by atoms with E-state index in [0.717, 1.165) is 5.39 Å². The number of carbonyl (C=O) groups is 3. The van der Waals surface area contributed by atoms with Crippen molar-refractivity contribution < 1.29 is 23.5 Å². The average molecular weight is 387 g/mol. The normalized spacial score (nSPS) is 14.2. The fourth-order valence-electron chi connectivity index (χ4n) is 3.13. The molecule has 0 aliphatic carbocycles. The second-order valence-electron chi connectivity index (χ2n) is 6.57. The summed E-state index contributed by atoms with van der Waals surface area (Å²) in [5.41, 5.74) is 0.671. The Bertz CT molecular complexity index is 806. The monoisotopic (exact) mass is 387 g/mol. The Morgan fingerprint density at radius 2 is 1.82 bits per heavy atom. The van der Waals surface area contributed by atoms with Crippen LogP contribution in [0.4, 0.5) is 4.79 Å². The van der Waals surface area contributed by atoms with Crippen molar-refractivity contribution in [3.05, 3.63) is 36.1 Å². The highest BCUT2D eigenvalue weighted by atomic mass is 16.6. The molecule has 3 rings (SSSR count). The molecule has 3 amide bonds. The minimum atomic E-state index is -0.331. The summed E-state index contributed by atoms with van der Waals surface area (Å²) in [6, 6.07) is 9.14. The predicted octanol–water partition coefficient (Wildman–Crippen LogP) is 2.24. The predicted molar refractivity (Wildman–Crippen MR) is 103 cm³/mol. The number of carbonyl (C=O) groups excluding carboxylic acids is 3. The maximum absolute atomic E-state index is 12.3. The van der Waals surface area contributed by atoms with Crippen molar-refractivity contribution in [2.45, 2.75) is 19.8 Å². The Kier molecular flexibility index (Phi) is 6.52. The highest BCUT2D eigenvalue weighted by molar-refractivity contribution is 5.96. The lowest BCUT2D eigenvalue weighted by atomic mass is 10.2. The summed E-state index contributed by atoms with van der Waals surface area (Å²) in [6.07, 6.45) is 0.561. The van der Waals surface area contributed by atoms with Gasteiger partial charge < -0.3 is 24.3 Å². The maximum Gasteiger partial charge on any atom is 0.409 e. The third-order valence-electron chi connectivity index (χ3n) is 4.66. The van der Waals surface area contributed by atoms with Crippen LogP contribution in [0.25, 0.3) is 11.0 Å². The highest BCUT2D eigenvalue weighted by Gasteiger charge is 2.24. The standard InChI is InChI=1S/C20H25N3O5/c1-2-27-20(26)23-12-10-22(11-13-23)18(24)8-5-9-21-19(25)17-14-15-6-3-4-7-16(15)28-17/h3-4,6-7,14H,2,5,8-13H2,1H3,(H,21,25). The summed E-state index contributed by atoms with van der Waals surface area (Å²) in [5, 5.41) is 3.66. The van der Waals surface area contributed by atoms with E-state index < -0.39 is 0 Å². The van der Waals surface area contributed by atoms with Crippen LogP contribution in [0.2, 0.25) is 0 Å². The molecule has 1 aromatic heterocycles. The van der Waals surface area contributed by atoms with Crippen LogP contribution in [-0.2, 0) is 9.53 Å².